The fourth-order valence-corrected chi connectivity index (χ4v) is 2.82. The van der Waals surface area contributed by atoms with E-state index in [1.165, 1.54) is 0 Å². The summed E-state index contributed by atoms with van der Waals surface area (Å²) in [6.07, 6.45) is 0.454. The van der Waals surface area contributed by atoms with Crippen LogP contribution in [0.3, 0.4) is 0 Å². The highest BCUT2D eigenvalue weighted by Crippen LogP contribution is 2.26. The van der Waals surface area contributed by atoms with Gasteiger partial charge in [-0.3, -0.25) is 0 Å². The lowest BCUT2D eigenvalue weighted by molar-refractivity contribution is 0.0195. The molecule has 0 unspecified atom stereocenters. The van der Waals surface area contributed by atoms with Gasteiger partial charge in [-0.05, 0) is 38.8 Å². The van der Waals surface area contributed by atoms with Crippen LogP contribution in [0.15, 0.2) is 18.2 Å². The maximum atomic E-state index is 12.2. The molecule has 1 heterocycles. The number of nitrogens with zero attached hydrogens (tertiary/aromatic N) is 1. The number of amides is 1. The Kier molecular flexibility index (Phi) is 5.59. The van der Waals surface area contributed by atoms with Gasteiger partial charge in [-0.1, -0.05) is 35.3 Å². The lowest BCUT2D eigenvalue weighted by Gasteiger charge is -2.35. The highest BCUT2D eigenvalue weighted by atomic mass is 35.5. The van der Waals surface area contributed by atoms with Gasteiger partial charge in [-0.25, -0.2) is 4.79 Å². The van der Waals surface area contributed by atoms with Crippen LogP contribution in [0.1, 0.15) is 26.3 Å². The maximum absolute atomic E-state index is 12.2. The van der Waals surface area contributed by atoms with Crippen LogP contribution in [0.4, 0.5) is 4.79 Å². The molecule has 1 N–H and O–H groups in total. The van der Waals surface area contributed by atoms with Crippen molar-refractivity contribution in [1.29, 1.82) is 0 Å². The predicted octanol–water partition coefficient (Wildman–Crippen LogP) is 3.74. The van der Waals surface area contributed by atoms with E-state index in [2.05, 4.69) is 5.32 Å². The zero-order valence-corrected chi connectivity index (χ0v) is 14.7. The molecule has 0 bridgehead atoms. The van der Waals surface area contributed by atoms with Crippen LogP contribution in [-0.4, -0.2) is 42.3 Å². The molecule has 0 radical (unpaired) electrons. The number of ether oxygens (including phenoxy) is 1. The minimum atomic E-state index is -0.478. The fraction of sp³-hybridized carbons (Fsp3) is 0.562. The fourth-order valence-electron chi connectivity index (χ4n) is 2.43. The monoisotopic (exact) mass is 344 g/mol. The Balaban J connectivity index is 1.99. The number of rotatable bonds is 2. The van der Waals surface area contributed by atoms with Crippen molar-refractivity contribution in [3.05, 3.63) is 33.8 Å². The molecule has 6 heteroatoms. The second kappa shape index (κ2) is 7.07. The molecule has 0 spiro atoms. The van der Waals surface area contributed by atoms with Crippen LogP contribution in [-0.2, 0) is 11.2 Å². The number of carbonyl (C=O) groups is 1. The number of nitrogens with one attached hydrogen (secondary N) is 1. The van der Waals surface area contributed by atoms with Gasteiger partial charge in [0, 0.05) is 25.7 Å². The third-order valence-corrected chi connectivity index (χ3v) is 4.26. The molecule has 122 valence electrons. The van der Waals surface area contributed by atoms with Gasteiger partial charge < -0.3 is 15.0 Å². The van der Waals surface area contributed by atoms with Gasteiger partial charge in [0.2, 0.25) is 0 Å². The molecule has 1 aliphatic rings. The molecule has 1 aromatic carbocycles. The van der Waals surface area contributed by atoms with Crippen molar-refractivity contribution in [3.8, 4) is 0 Å². The van der Waals surface area contributed by atoms with Crippen LogP contribution in [0.5, 0.6) is 0 Å². The van der Waals surface area contributed by atoms with E-state index in [4.69, 9.17) is 27.9 Å². The molecule has 2 rings (SSSR count). The van der Waals surface area contributed by atoms with Gasteiger partial charge in [0.05, 0.1) is 10.0 Å². The first-order valence-electron chi connectivity index (χ1n) is 7.40. The summed E-state index contributed by atoms with van der Waals surface area (Å²) < 4.78 is 5.43. The Morgan fingerprint density at radius 2 is 2.14 bits per heavy atom. The Labute approximate surface area is 141 Å². The van der Waals surface area contributed by atoms with E-state index in [0.29, 0.717) is 23.1 Å². The normalized spacial score (nSPS) is 19.1. The van der Waals surface area contributed by atoms with Crippen molar-refractivity contribution >= 4 is 29.3 Å². The summed E-state index contributed by atoms with van der Waals surface area (Å²) >= 11 is 12.3. The molecule has 22 heavy (non-hydrogen) atoms. The second-order valence-corrected chi connectivity index (χ2v) is 7.28. The summed E-state index contributed by atoms with van der Waals surface area (Å²) in [4.78, 5) is 13.9. The molecule has 0 saturated carbocycles. The summed E-state index contributed by atoms with van der Waals surface area (Å²) in [7, 11) is 0. The van der Waals surface area contributed by atoms with E-state index in [1.54, 1.807) is 11.0 Å². The number of piperazine rings is 1. The van der Waals surface area contributed by atoms with E-state index in [9.17, 15) is 4.79 Å². The Morgan fingerprint density at radius 3 is 2.82 bits per heavy atom. The Hall–Kier alpha value is -0.970. The SMILES string of the molecule is CC(C)(C)OC(=O)N1CCN[C@@H](Cc2cccc(Cl)c2Cl)C1. The smallest absolute Gasteiger partial charge is 0.410 e. The number of benzene rings is 1. The van der Waals surface area contributed by atoms with Gasteiger partial charge in [-0.2, -0.15) is 0 Å². The van der Waals surface area contributed by atoms with Crippen molar-refractivity contribution < 1.29 is 9.53 Å². The van der Waals surface area contributed by atoms with E-state index in [0.717, 1.165) is 18.5 Å². The third kappa shape index (κ3) is 4.77. The van der Waals surface area contributed by atoms with E-state index < -0.39 is 5.60 Å². The average Bonchev–Trinajstić information content (AvgIpc) is 2.42. The predicted molar refractivity (Wildman–Crippen MR) is 89.8 cm³/mol. The van der Waals surface area contributed by atoms with Crippen molar-refractivity contribution in [2.75, 3.05) is 19.6 Å². The van der Waals surface area contributed by atoms with Gasteiger partial charge in [0.25, 0.3) is 0 Å². The molecule has 1 fully saturated rings. The molecule has 1 saturated heterocycles. The zero-order valence-electron chi connectivity index (χ0n) is 13.2. The lowest BCUT2D eigenvalue weighted by atomic mass is 10.0. The summed E-state index contributed by atoms with van der Waals surface area (Å²) in [5, 5.41) is 4.55. The van der Waals surface area contributed by atoms with Crippen molar-refractivity contribution in [2.45, 2.75) is 38.8 Å². The first-order chi connectivity index (χ1) is 10.3. The number of hydrogen-bond acceptors (Lipinski definition) is 3. The van der Waals surface area contributed by atoms with Crippen LogP contribution >= 0.6 is 23.2 Å². The first-order valence-corrected chi connectivity index (χ1v) is 8.16. The highest BCUT2D eigenvalue weighted by Gasteiger charge is 2.27. The van der Waals surface area contributed by atoms with E-state index >= 15 is 0 Å². The standard InChI is InChI=1S/C16H22Cl2N2O2/c1-16(2,3)22-15(21)20-8-7-19-12(10-20)9-11-5-4-6-13(17)14(11)18/h4-6,12,19H,7-10H2,1-3H3/t12-/m0/s1. The minimum Gasteiger partial charge on any atom is -0.444 e. The molecule has 4 nitrogen and oxygen atoms in total. The van der Waals surface area contributed by atoms with Gasteiger partial charge >= 0.3 is 6.09 Å². The summed E-state index contributed by atoms with van der Waals surface area (Å²) in [5.41, 5.74) is 0.506. The Bertz CT molecular complexity index is 543. The zero-order chi connectivity index (χ0) is 16.3. The molecular weight excluding hydrogens is 323 g/mol. The Morgan fingerprint density at radius 1 is 1.41 bits per heavy atom. The van der Waals surface area contributed by atoms with Crippen LogP contribution in [0, 0.1) is 0 Å². The van der Waals surface area contributed by atoms with Crippen molar-refractivity contribution in [1.82, 2.24) is 10.2 Å². The number of carbonyl (C=O) groups excluding carboxylic acids is 1. The van der Waals surface area contributed by atoms with Gasteiger partial charge in [-0.15, -0.1) is 0 Å². The molecule has 0 aliphatic carbocycles. The summed E-state index contributed by atoms with van der Waals surface area (Å²) in [6, 6.07) is 5.76. The molecule has 1 atom stereocenters. The number of halogens is 2. The third-order valence-electron chi connectivity index (χ3n) is 3.41. The largest absolute Gasteiger partial charge is 0.444 e. The topological polar surface area (TPSA) is 41.6 Å². The molecule has 1 aromatic rings. The summed E-state index contributed by atoms with van der Waals surface area (Å²) in [5.74, 6) is 0. The maximum Gasteiger partial charge on any atom is 0.410 e. The van der Waals surface area contributed by atoms with Gasteiger partial charge in [0.15, 0.2) is 0 Å². The van der Waals surface area contributed by atoms with Crippen molar-refractivity contribution in [2.24, 2.45) is 0 Å². The second-order valence-electron chi connectivity index (χ2n) is 6.49. The minimum absolute atomic E-state index is 0.136. The highest BCUT2D eigenvalue weighted by molar-refractivity contribution is 6.42. The quantitative estimate of drug-likeness (QED) is 0.888. The van der Waals surface area contributed by atoms with Gasteiger partial charge in [0.1, 0.15) is 5.60 Å². The first kappa shape index (κ1) is 17.4. The summed E-state index contributed by atoms with van der Waals surface area (Å²) in [6.45, 7) is 7.59. The van der Waals surface area contributed by atoms with Crippen LogP contribution in [0.25, 0.3) is 0 Å². The average molecular weight is 345 g/mol. The molecular formula is C16H22Cl2N2O2. The molecule has 0 aromatic heterocycles. The van der Waals surface area contributed by atoms with Crippen LogP contribution in [0.2, 0.25) is 10.0 Å². The van der Waals surface area contributed by atoms with E-state index in [1.807, 2.05) is 32.9 Å². The van der Waals surface area contributed by atoms with E-state index in [-0.39, 0.29) is 12.1 Å². The van der Waals surface area contributed by atoms with Crippen molar-refractivity contribution in [3.63, 3.8) is 0 Å². The number of hydrogen-bond donors (Lipinski definition) is 1. The molecule has 1 amide bonds. The van der Waals surface area contributed by atoms with Crippen LogP contribution < -0.4 is 5.32 Å². The molecule has 1 aliphatic heterocycles. The lowest BCUT2D eigenvalue weighted by Crippen LogP contribution is -2.54.